The van der Waals surface area contributed by atoms with E-state index in [0.29, 0.717) is 0 Å². The Morgan fingerprint density at radius 2 is 1.36 bits per heavy atom. The maximum absolute atomic E-state index is 11.6. The third kappa shape index (κ3) is 9.93. The fourth-order valence-electron chi connectivity index (χ4n) is 2.39. The Bertz CT molecular complexity index is 436. The van der Waals surface area contributed by atoms with Crippen molar-refractivity contribution in [1.29, 1.82) is 0 Å². The van der Waals surface area contributed by atoms with E-state index >= 15 is 0 Å². The van der Waals surface area contributed by atoms with E-state index in [4.69, 9.17) is 4.84 Å². The van der Waals surface area contributed by atoms with Crippen molar-refractivity contribution in [1.82, 2.24) is 14.9 Å². The molecule has 2 amide bonds. The first-order valence-corrected chi connectivity index (χ1v) is 9.06. The summed E-state index contributed by atoms with van der Waals surface area (Å²) in [6.07, 6.45) is 3.69. The molecule has 0 radical (unpaired) electrons. The van der Waals surface area contributed by atoms with Gasteiger partial charge in [0, 0.05) is 25.9 Å². The van der Waals surface area contributed by atoms with Gasteiger partial charge in [0.2, 0.25) is 0 Å². The molecule has 2 heterocycles. The van der Waals surface area contributed by atoms with E-state index in [9.17, 15) is 30.6 Å². The average Bonchev–Trinajstić information content (AvgIpc) is 2.73. The van der Waals surface area contributed by atoms with E-state index < -0.39 is 8.16 Å². The Morgan fingerprint density at radius 1 is 0.960 bits per heavy atom. The van der Waals surface area contributed by atoms with Gasteiger partial charge in [-0.1, -0.05) is 6.42 Å². The number of likely N-dealkylation sites (tertiary alicyclic amines) is 1. The van der Waals surface area contributed by atoms with Crippen LogP contribution >= 0.6 is 8.16 Å². The van der Waals surface area contributed by atoms with Gasteiger partial charge in [-0.25, -0.2) is 4.84 Å². The smallest absolute Gasteiger partial charge is 1.00 e. The van der Waals surface area contributed by atoms with Crippen LogP contribution in [0.4, 0.5) is 21.0 Å². The second-order valence-electron chi connectivity index (χ2n) is 5.71. The van der Waals surface area contributed by atoms with Gasteiger partial charge in [-0.15, -0.1) is 0 Å². The first kappa shape index (κ1) is 24.0. The molecule has 0 aliphatic carbocycles. The normalized spacial score (nSPS) is 21.9. The molecule has 2 fully saturated rings. The van der Waals surface area contributed by atoms with Crippen LogP contribution in [0.1, 0.15) is 32.1 Å². The van der Waals surface area contributed by atoms with Gasteiger partial charge in [0.1, 0.15) is 0 Å². The maximum atomic E-state index is 11.6. The van der Waals surface area contributed by atoms with Crippen LogP contribution in [0.25, 0.3) is 0 Å². The molecule has 0 N–H and O–H groups in total. The van der Waals surface area contributed by atoms with E-state index in [-0.39, 0.29) is 35.7 Å². The van der Waals surface area contributed by atoms with Crippen LogP contribution in [-0.4, -0.2) is 60.2 Å². The summed E-state index contributed by atoms with van der Waals surface area (Å²) in [6, 6.07) is 0. The number of nitrogens with zero attached hydrogens (tertiary/aromatic N) is 3. The quantitative estimate of drug-likeness (QED) is 0.295. The van der Waals surface area contributed by atoms with Crippen molar-refractivity contribution in [3.63, 3.8) is 0 Å². The maximum Gasteiger partial charge on any atom is -1.00 e. The number of hydrogen-bond donors (Lipinski definition) is 0. The molecule has 1 atom stereocenters. The van der Waals surface area contributed by atoms with Crippen LogP contribution in [0.2, 0.25) is 0 Å². The zero-order chi connectivity index (χ0) is 18.6. The molecule has 0 aromatic carbocycles. The number of hydroxylamine groups is 2. The molecule has 1 unspecified atom stereocenters. The second-order valence-corrected chi connectivity index (χ2v) is 6.99. The van der Waals surface area contributed by atoms with E-state index in [1.54, 1.807) is 0 Å². The van der Waals surface area contributed by atoms with Gasteiger partial charge in [0.15, 0.2) is 6.35 Å². The largest absolute Gasteiger partial charge is 1.00 e. The molecular formula is C12H21F6N3O3P-. The third-order valence-electron chi connectivity index (χ3n) is 3.35. The molecule has 2 rings (SSSR count). The minimum Gasteiger partial charge on any atom is -1.00 e. The number of halogens is 6. The Hall–Kier alpha value is -0.970. The molecule has 2 saturated heterocycles. The molecule has 2 aliphatic rings. The number of carbonyl (C=O) groups excluding carboxylic acids is 2. The van der Waals surface area contributed by atoms with E-state index in [2.05, 4.69) is 4.90 Å². The third-order valence-corrected chi connectivity index (χ3v) is 3.35. The van der Waals surface area contributed by atoms with Crippen molar-refractivity contribution in [3.05, 3.63) is 0 Å². The number of imide groups is 1. The van der Waals surface area contributed by atoms with Crippen LogP contribution in [0.15, 0.2) is 0 Å². The minimum atomic E-state index is -8.55. The van der Waals surface area contributed by atoms with Crippen LogP contribution in [0.3, 0.4) is 0 Å². The summed E-state index contributed by atoms with van der Waals surface area (Å²) in [5.74, 6) is -0.465. The summed E-state index contributed by atoms with van der Waals surface area (Å²) in [6.45, 7) is 1.89. The summed E-state index contributed by atoms with van der Waals surface area (Å²) in [5, 5.41) is 0.944. The fraction of sp³-hybridized carbons (Fsp3) is 0.833. The van der Waals surface area contributed by atoms with Gasteiger partial charge in [0.25, 0.3) is 11.8 Å². The summed E-state index contributed by atoms with van der Waals surface area (Å²) in [7, 11) is -4.76. The van der Waals surface area contributed by atoms with Gasteiger partial charge in [0.05, 0.1) is 0 Å². The summed E-state index contributed by atoms with van der Waals surface area (Å²) >= 11 is 0. The SMILES string of the molecule is CN(C)C(ON1C(=O)CCC1=O)N1CCCCC1.FP(F)(F)(F)F.[F-]. The predicted molar refractivity (Wildman–Crippen MR) is 77.5 cm³/mol. The van der Waals surface area contributed by atoms with Crippen molar-refractivity contribution >= 4 is 20.0 Å². The number of carbonyl (C=O) groups is 2. The first-order chi connectivity index (χ1) is 10.8. The second kappa shape index (κ2) is 9.11. The molecule has 0 saturated carbocycles. The average molecular weight is 400 g/mol. The number of amides is 2. The van der Waals surface area contributed by atoms with Crippen LogP contribution in [0.5, 0.6) is 0 Å². The van der Waals surface area contributed by atoms with Crippen LogP contribution in [0, 0.1) is 0 Å². The number of rotatable bonds is 4. The Kier molecular flexibility index (Phi) is 8.76. The molecule has 150 valence electrons. The molecular weight excluding hydrogens is 379 g/mol. The molecule has 0 spiro atoms. The predicted octanol–water partition coefficient (Wildman–Crippen LogP) is 0.364. The topological polar surface area (TPSA) is 53.1 Å². The monoisotopic (exact) mass is 400 g/mol. The molecule has 6 nitrogen and oxygen atoms in total. The molecule has 13 heteroatoms. The Balaban J connectivity index is 0.000000715. The van der Waals surface area contributed by atoms with Crippen molar-refractivity contribution in [3.8, 4) is 0 Å². The summed E-state index contributed by atoms with van der Waals surface area (Å²) in [4.78, 5) is 32.8. The van der Waals surface area contributed by atoms with E-state index in [1.807, 2.05) is 19.0 Å². The minimum absolute atomic E-state index is 0. The zero-order valence-electron chi connectivity index (χ0n) is 13.8. The van der Waals surface area contributed by atoms with E-state index in [0.717, 1.165) is 31.0 Å². The van der Waals surface area contributed by atoms with Gasteiger partial charge in [-0.05, 0) is 26.9 Å². The van der Waals surface area contributed by atoms with E-state index in [1.165, 1.54) is 6.42 Å². The Morgan fingerprint density at radius 3 is 1.72 bits per heavy atom. The van der Waals surface area contributed by atoms with Crippen LogP contribution in [-0.2, 0) is 14.4 Å². The summed E-state index contributed by atoms with van der Waals surface area (Å²) in [5.41, 5.74) is 0. The van der Waals surface area contributed by atoms with Gasteiger partial charge in [-0.2, -0.15) is 5.06 Å². The molecule has 0 aromatic rings. The van der Waals surface area contributed by atoms with Crippen LogP contribution < -0.4 is 4.70 Å². The molecule has 0 bridgehead atoms. The van der Waals surface area contributed by atoms with Gasteiger partial charge >= 0.3 is 29.1 Å². The van der Waals surface area contributed by atoms with Crippen molar-refractivity contribution < 1.29 is 40.1 Å². The first-order valence-electron chi connectivity index (χ1n) is 7.37. The zero-order valence-corrected chi connectivity index (χ0v) is 14.7. The van der Waals surface area contributed by atoms with Gasteiger partial charge in [-0.3, -0.25) is 19.4 Å². The molecule has 2 aliphatic heterocycles. The fourth-order valence-corrected chi connectivity index (χ4v) is 2.39. The number of hydrogen-bond acceptors (Lipinski definition) is 5. The summed E-state index contributed by atoms with van der Waals surface area (Å²) < 4.78 is 49.2. The van der Waals surface area contributed by atoms with Crippen molar-refractivity contribution in [2.45, 2.75) is 38.5 Å². The number of piperidine rings is 1. The standard InChI is InChI=1S/C12H21N3O3.F5P.FH/c1-13(2)12(14-8-4-3-5-9-14)18-15-10(16)6-7-11(15)17;1-6(2,3,4)5;/h12H,3-9H2,1-2H3;;1H/p-1. The van der Waals surface area contributed by atoms with Crippen molar-refractivity contribution in [2.24, 2.45) is 0 Å². The van der Waals surface area contributed by atoms with Gasteiger partial charge < -0.3 is 4.70 Å². The Labute approximate surface area is 141 Å². The molecule has 0 aromatic heterocycles. The molecule has 25 heavy (non-hydrogen) atoms. The van der Waals surface area contributed by atoms with Crippen molar-refractivity contribution in [2.75, 3.05) is 27.2 Å².